The summed E-state index contributed by atoms with van der Waals surface area (Å²) in [5.41, 5.74) is 7.89. The summed E-state index contributed by atoms with van der Waals surface area (Å²) in [5, 5.41) is 23.7. The molecule has 38 heavy (non-hydrogen) atoms. The molecule has 0 spiro atoms. The highest BCUT2D eigenvalue weighted by atomic mass is 35.5. The van der Waals surface area contributed by atoms with Gasteiger partial charge in [-0.15, -0.1) is 0 Å². The van der Waals surface area contributed by atoms with Gasteiger partial charge in [0, 0.05) is 11.4 Å². The van der Waals surface area contributed by atoms with Gasteiger partial charge < -0.3 is 20.7 Å². The molecule has 0 heterocycles. The maximum absolute atomic E-state index is 12.5. The molecule has 0 fully saturated rings. The second kappa shape index (κ2) is 15.0. The Kier molecular flexibility index (Phi) is 12.8. The summed E-state index contributed by atoms with van der Waals surface area (Å²) in [7, 11) is -4.06. The summed E-state index contributed by atoms with van der Waals surface area (Å²) < 4.78 is 64.4. The van der Waals surface area contributed by atoms with Crippen molar-refractivity contribution in [2.24, 2.45) is 5.73 Å². The summed E-state index contributed by atoms with van der Waals surface area (Å²) in [6, 6.07) is 10.9. The number of halogens is 4. The van der Waals surface area contributed by atoms with Gasteiger partial charge in [0.05, 0.1) is 18.1 Å². The third kappa shape index (κ3) is 12.6. The number of hydrogen-bond acceptors (Lipinski definition) is 7. The molecule has 2 aromatic carbocycles. The monoisotopic (exact) mass is 584 g/mol. The minimum absolute atomic E-state index is 0.0556. The molecule has 0 aliphatic rings. The molecule has 2 rings (SSSR count). The first-order valence-corrected chi connectivity index (χ1v) is 12.2. The molecular formula is C21H24ClF3N4O8S. The number of rotatable bonds is 12. The Hall–Kier alpha value is -3.60. The highest BCUT2D eigenvalue weighted by Crippen LogP contribution is 2.18. The van der Waals surface area contributed by atoms with E-state index in [9.17, 15) is 31.5 Å². The molecule has 210 valence electrons. The van der Waals surface area contributed by atoms with Crippen molar-refractivity contribution >= 4 is 39.5 Å². The van der Waals surface area contributed by atoms with Crippen molar-refractivity contribution in [2.45, 2.75) is 30.0 Å². The summed E-state index contributed by atoms with van der Waals surface area (Å²) in [4.78, 5) is 25.3. The smallest absolute Gasteiger partial charge is 0.490 e. The summed E-state index contributed by atoms with van der Waals surface area (Å²) in [6.07, 6.45) is -4.59. The maximum atomic E-state index is 12.5. The molecule has 0 bridgehead atoms. The Labute approximate surface area is 220 Å². The average Bonchev–Trinajstić information content (AvgIpc) is 2.81. The van der Waals surface area contributed by atoms with E-state index >= 15 is 0 Å². The van der Waals surface area contributed by atoms with Crippen molar-refractivity contribution in [3.8, 4) is 5.75 Å². The Morgan fingerprint density at radius 3 is 2.21 bits per heavy atom. The molecular weight excluding hydrogens is 561 g/mol. The molecule has 7 N–H and O–H groups in total. The van der Waals surface area contributed by atoms with Crippen LogP contribution in [0.5, 0.6) is 5.75 Å². The van der Waals surface area contributed by atoms with E-state index in [1.165, 1.54) is 24.3 Å². The number of sulfonamides is 1. The predicted octanol–water partition coefficient (Wildman–Crippen LogP) is 2.13. The number of benzene rings is 2. The van der Waals surface area contributed by atoms with E-state index in [1.807, 2.05) is 0 Å². The molecule has 0 saturated heterocycles. The lowest BCUT2D eigenvalue weighted by Crippen LogP contribution is -2.42. The van der Waals surface area contributed by atoms with Crippen LogP contribution in [0.2, 0.25) is 5.02 Å². The molecule has 0 amide bonds. The van der Waals surface area contributed by atoms with Crippen LogP contribution in [0.15, 0.2) is 53.4 Å². The lowest BCUT2D eigenvalue weighted by Gasteiger charge is -2.15. The molecule has 0 saturated carbocycles. The molecule has 12 nitrogen and oxygen atoms in total. The van der Waals surface area contributed by atoms with Crippen molar-refractivity contribution < 1.29 is 51.0 Å². The summed E-state index contributed by atoms with van der Waals surface area (Å²) >= 11 is 5.82. The van der Waals surface area contributed by atoms with Crippen LogP contribution in [0.25, 0.3) is 0 Å². The van der Waals surface area contributed by atoms with E-state index in [0.29, 0.717) is 30.9 Å². The fraction of sp³-hybridized carbons (Fsp3) is 0.286. The number of carboxylic acid groups (broad SMARTS) is 2. The predicted molar refractivity (Wildman–Crippen MR) is 128 cm³/mol. The zero-order chi connectivity index (χ0) is 28.9. The van der Waals surface area contributed by atoms with Crippen molar-refractivity contribution in [1.82, 2.24) is 10.2 Å². The van der Waals surface area contributed by atoms with E-state index in [-0.39, 0.29) is 22.3 Å². The Balaban J connectivity index is 0.000000905. The highest BCUT2D eigenvalue weighted by molar-refractivity contribution is 7.89. The molecule has 17 heteroatoms. The topological polar surface area (TPSA) is 201 Å². The first kappa shape index (κ1) is 32.4. The third-order valence-electron chi connectivity index (χ3n) is 4.15. The third-order valence-corrected chi connectivity index (χ3v) is 5.85. The zero-order valence-corrected chi connectivity index (χ0v) is 20.9. The summed E-state index contributed by atoms with van der Waals surface area (Å²) in [5.74, 6) is -3.78. The number of aliphatic carboxylic acids is 2. The number of carbonyl (C=O) groups is 2. The van der Waals surface area contributed by atoms with E-state index in [1.54, 1.807) is 24.3 Å². The number of hydroxylamine groups is 1. The number of ether oxygens (including phenoxy) is 1. The summed E-state index contributed by atoms with van der Waals surface area (Å²) in [6.45, 7) is 0.654. The van der Waals surface area contributed by atoms with Crippen LogP contribution in [0.4, 0.5) is 13.2 Å². The Bertz CT molecular complexity index is 1200. The van der Waals surface area contributed by atoms with Gasteiger partial charge in [-0.05, 0) is 42.3 Å². The lowest BCUT2D eigenvalue weighted by molar-refractivity contribution is -0.192. The second-order valence-electron chi connectivity index (χ2n) is 7.19. The number of guanidine groups is 1. The van der Waals surface area contributed by atoms with Crippen LogP contribution in [-0.2, 0) is 30.9 Å². The fourth-order valence-corrected chi connectivity index (χ4v) is 3.97. The molecule has 0 aromatic heterocycles. The standard InChI is InChI=1S/C19H23ClN4O6S.C2HF3O2/c20-14-3-1-4-16(12-14)31(27,28)24-17(18(25)26)11-13-5-7-15(8-6-13)29-9-2-10-30-23-19(21)22;3-2(4,5)1(6)7/h1,3-8,12,17,24H,2,9-11H2,(H,25,26)(H4,21,22,23);(H,6,7)/t17-;/m0./s1. The molecule has 0 radical (unpaired) electrons. The van der Waals surface area contributed by atoms with Crippen molar-refractivity contribution in [1.29, 1.82) is 5.41 Å². The molecule has 2 aromatic rings. The molecule has 0 aliphatic carbocycles. The van der Waals surface area contributed by atoms with Gasteiger partial charge in [0.1, 0.15) is 11.8 Å². The van der Waals surface area contributed by atoms with Crippen molar-refractivity contribution in [2.75, 3.05) is 13.2 Å². The number of nitrogens with one attached hydrogen (secondary N) is 3. The zero-order valence-electron chi connectivity index (χ0n) is 19.4. The normalized spacial score (nSPS) is 12.0. The minimum atomic E-state index is -5.08. The van der Waals surface area contributed by atoms with E-state index in [4.69, 9.17) is 42.2 Å². The Morgan fingerprint density at radius 1 is 1.11 bits per heavy atom. The van der Waals surface area contributed by atoms with Gasteiger partial charge in [-0.3, -0.25) is 15.0 Å². The van der Waals surface area contributed by atoms with Gasteiger partial charge in [-0.2, -0.15) is 17.9 Å². The van der Waals surface area contributed by atoms with Crippen LogP contribution in [0, 0.1) is 5.41 Å². The number of carboxylic acids is 2. The fourth-order valence-electron chi connectivity index (χ4n) is 2.48. The van der Waals surface area contributed by atoms with Gasteiger partial charge >= 0.3 is 18.1 Å². The highest BCUT2D eigenvalue weighted by Gasteiger charge is 2.38. The number of nitrogens with two attached hydrogens (primary N) is 1. The van der Waals surface area contributed by atoms with Crippen molar-refractivity contribution in [3.05, 3.63) is 59.1 Å². The SMILES string of the molecule is N=C(N)NOCCCOc1ccc(C[C@H](NS(=O)(=O)c2cccc(Cl)c2)C(=O)O)cc1.O=C(O)C(F)(F)F. The Morgan fingerprint density at radius 2 is 1.71 bits per heavy atom. The maximum Gasteiger partial charge on any atom is 0.490 e. The largest absolute Gasteiger partial charge is 0.494 e. The first-order chi connectivity index (χ1) is 17.6. The van der Waals surface area contributed by atoms with Crippen LogP contribution in [-0.4, -0.2) is 62.0 Å². The quantitative estimate of drug-likeness (QED) is 0.0928. The van der Waals surface area contributed by atoms with Gasteiger partial charge in [-0.25, -0.2) is 18.7 Å². The van der Waals surface area contributed by atoms with Crippen LogP contribution in [0.1, 0.15) is 12.0 Å². The van der Waals surface area contributed by atoms with E-state index in [0.717, 1.165) is 0 Å². The van der Waals surface area contributed by atoms with Gasteiger partial charge in [-0.1, -0.05) is 29.8 Å². The second-order valence-corrected chi connectivity index (χ2v) is 9.34. The average molecular weight is 585 g/mol. The molecule has 1 atom stereocenters. The van der Waals surface area contributed by atoms with Crippen LogP contribution < -0.4 is 20.7 Å². The minimum Gasteiger partial charge on any atom is -0.494 e. The first-order valence-electron chi connectivity index (χ1n) is 10.4. The van der Waals surface area contributed by atoms with Gasteiger partial charge in [0.25, 0.3) is 0 Å². The lowest BCUT2D eigenvalue weighted by atomic mass is 10.1. The van der Waals surface area contributed by atoms with E-state index in [2.05, 4.69) is 10.2 Å². The molecule has 0 unspecified atom stereocenters. The molecule has 0 aliphatic heterocycles. The van der Waals surface area contributed by atoms with E-state index < -0.39 is 34.2 Å². The van der Waals surface area contributed by atoms with Gasteiger partial charge in [0.15, 0.2) is 0 Å². The number of alkyl halides is 3. The number of hydrogen-bond donors (Lipinski definition) is 6. The van der Waals surface area contributed by atoms with Crippen molar-refractivity contribution in [3.63, 3.8) is 0 Å². The van der Waals surface area contributed by atoms with Crippen LogP contribution >= 0.6 is 11.6 Å². The van der Waals surface area contributed by atoms with Crippen LogP contribution in [0.3, 0.4) is 0 Å². The van der Waals surface area contributed by atoms with Gasteiger partial charge in [0.2, 0.25) is 16.0 Å².